The van der Waals surface area contributed by atoms with Crippen molar-refractivity contribution < 1.29 is 4.74 Å². The predicted octanol–water partition coefficient (Wildman–Crippen LogP) is 3.65. The zero-order valence-corrected chi connectivity index (χ0v) is 16.3. The molecule has 2 heterocycles. The Hall–Kier alpha value is -2.39. The average Bonchev–Trinajstić information content (AvgIpc) is 3.06. The molecule has 2 aromatic heterocycles. The van der Waals surface area contributed by atoms with E-state index in [1.165, 1.54) is 23.1 Å². The third kappa shape index (κ3) is 4.61. The van der Waals surface area contributed by atoms with Gasteiger partial charge in [-0.3, -0.25) is 4.79 Å². The van der Waals surface area contributed by atoms with Gasteiger partial charge in [0.15, 0.2) is 9.37 Å². The van der Waals surface area contributed by atoms with E-state index < -0.39 is 0 Å². The number of anilines is 2. The van der Waals surface area contributed by atoms with E-state index >= 15 is 0 Å². The highest BCUT2D eigenvalue weighted by Gasteiger charge is 2.12. The number of aromatic nitrogens is 4. The van der Waals surface area contributed by atoms with Crippen LogP contribution in [-0.4, -0.2) is 26.9 Å². The predicted molar refractivity (Wildman–Crippen MR) is 104 cm³/mol. The summed E-state index contributed by atoms with van der Waals surface area (Å²) < 4.78 is 7.48. The Morgan fingerprint density at radius 1 is 1.27 bits per heavy atom. The number of benzene rings is 1. The SMILES string of the molecule is COc1ccc(Nc2nnc(Sc3nccn(CC(C)C)c3=O)s2)cc1. The van der Waals surface area contributed by atoms with Gasteiger partial charge in [-0.25, -0.2) is 4.98 Å². The summed E-state index contributed by atoms with van der Waals surface area (Å²) in [5.41, 5.74) is 0.779. The van der Waals surface area contributed by atoms with Gasteiger partial charge in [0, 0.05) is 24.6 Å². The Balaban J connectivity index is 1.71. The molecule has 0 aliphatic rings. The lowest BCUT2D eigenvalue weighted by Gasteiger charge is -2.08. The smallest absolute Gasteiger partial charge is 0.283 e. The van der Waals surface area contributed by atoms with Gasteiger partial charge in [0.1, 0.15) is 5.75 Å². The normalized spacial score (nSPS) is 10.9. The molecule has 0 unspecified atom stereocenters. The summed E-state index contributed by atoms with van der Waals surface area (Å²) in [4.78, 5) is 16.7. The Bertz CT molecular complexity index is 921. The number of hydrogen-bond acceptors (Lipinski definition) is 8. The lowest BCUT2D eigenvalue weighted by atomic mass is 10.2. The Morgan fingerprint density at radius 3 is 2.73 bits per heavy atom. The second kappa shape index (κ2) is 8.33. The first kappa shape index (κ1) is 18.4. The molecule has 0 spiro atoms. The molecule has 3 rings (SSSR count). The first-order valence-corrected chi connectivity index (χ1v) is 9.66. The lowest BCUT2D eigenvalue weighted by Crippen LogP contribution is -2.23. The van der Waals surface area contributed by atoms with Gasteiger partial charge in [-0.2, -0.15) is 0 Å². The largest absolute Gasteiger partial charge is 0.497 e. The number of rotatable bonds is 7. The van der Waals surface area contributed by atoms with Crippen LogP contribution in [0.4, 0.5) is 10.8 Å². The first-order chi connectivity index (χ1) is 12.5. The highest BCUT2D eigenvalue weighted by atomic mass is 32.2. The van der Waals surface area contributed by atoms with Crippen LogP contribution in [0.15, 0.2) is 50.8 Å². The number of nitrogens with zero attached hydrogens (tertiary/aromatic N) is 4. The summed E-state index contributed by atoms with van der Waals surface area (Å²) in [6.07, 6.45) is 3.35. The van der Waals surface area contributed by atoms with E-state index in [0.717, 1.165) is 11.4 Å². The van der Waals surface area contributed by atoms with Crippen LogP contribution < -0.4 is 15.6 Å². The molecule has 1 aromatic carbocycles. The second-order valence-corrected chi connectivity index (χ2v) is 8.13. The molecule has 0 atom stereocenters. The summed E-state index contributed by atoms with van der Waals surface area (Å²) in [6, 6.07) is 7.53. The maximum Gasteiger partial charge on any atom is 0.283 e. The molecule has 136 valence electrons. The van der Waals surface area contributed by atoms with E-state index in [9.17, 15) is 4.79 Å². The monoisotopic (exact) mass is 389 g/mol. The van der Waals surface area contributed by atoms with E-state index in [4.69, 9.17) is 4.74 Å². The third-order valence-electron chi connectivity index (χ3n) is 3.38. The molecule has 0 aliphatic heterocycles. The van der Waals surface area contributed by atoms with E-state index in [-0.39, 0.29) is 5.56 Å². The fourth-order valence-corrected chi connectivity index (χ4v) is 3.92. The zero-order chi connectivity index (χ0) is 18.5. The van der Waals surface area contributed by atoms with Crippen molar-refractivity contribution >= 4 is 33.9 Å². The fourth-order valence-electron chi connectivity index (χ4n) is 2.22. The molecule has 1 N–H and O–H groups in total. The van der Waals surface area contributed by atoms with Crippen molar-refractivity contribution in [2.24, 2.45) is 5.92 Å². The minimum Gasteiger partial charge on any atom is -0.497 e. The minimum absolute atomic E-state index is 0.105. The van der Waals surface area contributed by atoms with E-state index in [2.05, 4.69) is 34.3 Å². The number of methoxy groups -OCH3 is 1. The highest BCUT2D eigenvalue weighted by molar-refractivity contribution is 8.01. The molecule has 0 saturated heterocycles. The van der Waals surface area contributed by atoms with Gasteiger partial charge >= 0.3 is 0 Å². The molecule has 9 heteroatoms. The van der Waals surface area contributed by atoms with Gasteiger partial charge in [0.05, 0.1) is 7.11 Å². The Labute approximate surface area is 159 Å². The number of ether oxygens (including phenoxy) is 1. The van der Waals surface area contributed by atoms with Crippen molar-refractivity contribution in [2.45, 2.75) is 29.8 Å². The molecule has 7 nitrogen and oxygen atoms in total. The third-order valence-corrected chi connectivity index (χ3v) is 5.24. The van der Waals surface area contributed by atoms with Crippen molar-refractivity contribution in [3.63, 3.8) is 0 Å². The standard InChI is InChI=1S/C17H19N5O2S2/c1-11(2)10-22-9-8-18-14(15(22)23)25-17-21-20-16(26-17)19-12-4-6-13(24-3)7-5-12/h4-9,11H,10H2,1-3H3,(H,19,20). The molecule has 0 aliphatic carbocycles. The van der Waals surface area contributed by atoms with Crippen molar-refractivity contribution in [3.05, 3.63) is 47.0 Å². The summed E-state index contributed by atoms with van der Waals surface area (Å²) in [7, 11) is 1.63. The summed E-state index contributed by atoms with van der Waals surface area (Å²) in [6.45, 7) is 4.80. The Kier molecular flexibility index (Phi) is 5.89. The van der Waals surface area contributed by atoms with E-state index in [1.807, 2.05) is 24.3 Å². The van der Waals surface area contributed by atoms with Gasteiger partial charge in [-0.1, -0.05) is 25.2 Å². The maximum atomic E-state index is 12.5. The van der Waals surface area contributed by atoms with E-state index in [0.29, 0.717) is 27.0 Å². The highest BCUT2D eigenvalue weighted by Crippen LogP contribution is 2.30. The van der Waals surface area contributed by atoms with Gasteiger partial charge in [-0.15, -0.1) is 10.2 Å². The van der Waals surface area contributed by atoms with Crippen LogP contribution in [0, 0.1) is 5.92 Å². The van der Waals surface area contributed by atoms with E-state index in [1.54, 1.807) is 24.1 Å². The topological polar surface area (TPSA) is 81.9 Å². The molecule has 0 fully saturated rings. The fraction of sp³-hybridized carbons (Fsp3) is 0.294. The molecule has 0 bridgehead atoms. The molecule has 26 heavy (non-hydrogen) atoms. The summed E-state index contributed by atoms with van der Waals surface area (Å²) in [5.74, 6) is 1.17. The second-order valence-electron chi connectivity index (χ2n) is 5.91. The first-order valence-electron chi connectivity index (χ1n) is 8.03. The number of hydrogen-bond donors (Lipinski definition) is 1. The molecule has 0 amide bonds. The summed E-state index contributed by atoms with van der Waals surface area (Å²) >= 11 is 2.60. The van der Waals surface area contributed by atoms with Gasteiger partial charge in [0.2, 0.25) is 5.13 Å². The van der Waals surface area contributed by atoms with Crippen LogP contribution in [0.5, 0.6) is 5.75 Å². The van der Waals surface area contributed by atoms with Crippen LogP contribution in [0.1, 0.15) is 13.8 Å². The van der Waals surface area contributed by atoms with Crippen molar-refractivity contribution in [1.29, 1.82) is 0 Å². The van der Waals surface area contributed by atoms with Crippen LogP contribution >= 0.6 is 23.1 Å². The average molecular weight is 390 g/mol. The van der Waals surface area contributed by atoms with Crippen LogP contribution in [0.2, 0.25) is 0 Å². The van der Waals surface area contributed by atoms with Gasteiger partial charge < -0.3 is 14.6 Å². The van der Waals surface area contributed by atoms with Crippen molar-refractivity contribution in [2.75, 3.05) is 12.4 Å². The molecular formula is C17H19N5O2S2. The quantitative estimate of drug-likeness (QED) is 0.660. The molecule has 3 aromatic rings. The minimum atomic E-state index is -0.105. The lowest BCUT2D eigenvalue weighted by molar-refractivity contribution is 0.415. The van der Waals surface area contributed by atoms with Gasteiger partial charge in [0.25, 0.3) is 5.56 Å². The summed E-state index contributed by atoms with van der Waals surface area (Å²) in [5, 5.41) is 12.5. The maximum absolute atomic E-state index is 12.5. The molecule has 0 saturated carbocycles. The van der Waals surface area contributed by atoms with Crippen LogP contribution in [0.3, 0.4) is 0 Å². The van der Waals surface area contributed by atoms with Crippen molar-refractivity contribution in [1.82, 2.24) is 19.7 Å². The molecular weight excluding hydrogens is 370 g/mol. The van der Waals surface area contributed by atoms with Crippen LogP contribution in [-0.2, 0) is 6.54 Å². The Morgan fingerprint density at radius 2 is 2.04 bits per heavy atom. The van der Waals surface area contributed by atoms with Crippen molar-refractivity contribution in [3.8, 4) is 5.75 Å². The van der Waals surface area contributed by atoms with Gasteiger partial charge in [-0.05, 0) is 41.9 Å². The molecule has 0 radical (unpaired) electrons. The zero-order valence-electron chi connectivity index (χ0n) is 14.7. The number of nitrogens with one attached hydrogen (secondary N) is 1. The van der Waals surface area contributed by atoms with Crippen LogP contribution in [0.25, 0.3) is 0 Å².